The van der Waals surface area contributed by atoms with Gasteiger partial charge in [-0.2, -0.15) is 8.42 Å². The largest absolute Gasteiger partial charge is 0.270 e. The van der Waals surface area contributed by atoms with Crippen molar-refractivity contribution in [3.8, 4) is 0 Å². The fraction of sp³-hybridized carbons (Fsp3) is 0.400. The number of benzene rings is 1. The fourth-order valence-corrected chi connectivity index (χ4v) is 1.83. The highest BCUT2D eigenvalue weighted by atomic mass is 79.9. The maximum atomic E-state index is 10.8. The van der Waals surface area contributed by atoms with Crippen LogP contribution in [-0.4, -0.2) is 21.3 Å². The average Bonchev–Trinajstić information content (AvgIpc) is 2.14. The van der Waals surface area contributed by atoms with Gasteiger partial charge in [-0.15, -0.1) is 0 Å². The summed E-state index contributed by atoms with van der Waals surface area (Å²) < 4.78 is 27.3. The van der Waals surface area contributed by atoms with Gasteiger partial charge >= 0.3 is 0 Å². The molecule has 0 saturated carbocycles. The molecule has 1 aromatic carbocycles. The van der Waals surface area contributed by atoms with Crippen molar-refractivity contribution >= 4 is 26.0 Å². The van der Waals surface area contributed by atoms with E-state index in [4.69, 9.17) is 4.18 Å². The zero-order valence-corrected chi connectivity index (χ0v) is 11.0. The minimum Gasteiger partial charge on any atom is -0.270 e. The van der Waals surface area contributed by atoms with Gasteiger partial charge in [-0.3, -0.25) is 4.18 Å². The highest BCUT2D eigenvalue weighted by Crippen LogP contribution is 2.18. The van der Waals surface area contributed by atoms with Gasteiger partial charge in [0.05, 0.1) is 12.9 Å². The predicted molar refractivity (Wildman–Crippen MR) is 63.4 cm³/mol. The Hall–Kier alpha value is -0.390. The molecule has 15 heavy (non-hydrogen) atoms. The first-order chi connectivity index (χ1) is 6.88. The monoisotopic (exact) mass is 292 g/mol. The average molecular weight is 293 g/mol. The van der Waals surface area contributed by atoms with Gasteiger partial charge in [0, 0.05) is 10.4 Å². The smallest absolute Gasteiger partial charge is 0.264 e. The lowest BCUT2D eigenvalue weighted by molar-refractivity contribution is 0.301. The molecule has 0 aliphatic rings. The third-order valence-corrected chi connectivity index (χ3v) is 3.06. The van der Waals surface area contributed by atoms with Crippen LogP contribution in [0.3, 0.4) is 0 Å². The molecule has 0 aliphatic carbocycles. The van der Waals surface area contributed by atoms with Crippen LogP contribution in [-0.2, 0) is 14.3 Å². The van der Waals surface area contributed by atoms with Crippen molar-refractivity contribution in [1.82, 2.24) is 0 Å². The summed E-state index contributed by atoms with van der Waals surface area (Å²) in [5.74, 6) is 0.0628. The number of hydrogen-bond acceptors (Lipinski definition) is 3. The summed E-state index contributed by atoms with van der Waals surface area (Å²) in [7, 11) is -3.34. The number of halogens is 1. The molecule has 0 radical (unpaired) electrons. The lowest BCUT2D eigenvalue weighted by Crippen LogP contribution is -2.09. The fourth-order valence-electron chi connectivity index (χ4n) is 1.11. The summed E-state index contributed by atoms with van der Waals surface area (Å²) >= 11 is 3.34. The van der Waals surface area contributed by atoms with Gasteiger partial charge < -0.3 is 0 Å². The van der Waals surface area contributed by atoms with Crippen LogP contribution in [0.4, 0.5) is 0 Å². The third-order valence-electron chi connectivity index (χ3n) is 1.97. The van der Waals surface area contributed by atoms with Crippen LogP contribution in [0.2, 0.25) is 0 Å². The normalized spacial score (nSPS) is 13.8. The van der Waals surface area contributed by atoms with Crippen molar-refractivity contribution in [2.75, 3.05) is 12.9 Å². The SMILES string of the molecule is CC(COS(C)(=O)=O)c1ccc(Br)cc1. The van der Waals surface area contributed by atoms with E-state index in [-0.39, 0.29) is 12.5 Å². The minimum absolute atomic E-state index is 0.0628. The molecule has 0 saturated heterocycles. The van der Waals surface area contributed by atoms with Crippen molar-refractivity contribution in [3.05, 3.63) is 34.3 Å². The van der Waals surface area contributed by atoms with Gasteiger partial charge in [-0.25, -0.2) is 0 Å². The molecule has 1 unspecified atom stereocenters. The Morgan fingerprint density at radius 1 is 1.33 bits per heavy atom. The van der Waals surface area contributed by atoms with E-state index in [1.807, 2.05) is 31.2 Å². The van der Waals surface area contributed by atoms with E-state index in [1.54, 1.807) is 0 Å². The van der Waals surface area contributed by atoms with Gasteiger partial charge in [0.25, 0.3) is 10.1 Å². The van der Waals surface area contributed by atoms with Gasteiger partial charge in [0.15, 0.2) is 0 Å². The van der Waals surface area contributed by atoms with E-state index < -0.39 is 10.1 Å². The number of rotatable bonds is 4. The molecule has 0 N–H and O–H groups in total. The Morgan fingerprint density at radius 3 is 2.33 bits per heavy atom. The highest BCUT2D eigenvalue weighted by molar-refractivity contribution is 9.10. The first-order valence-corrected chi connectivity index (χ1v) is 7.09. The van der Waals surface area contributed by atoms with Gasteiger partial charge in [-0.05, 0) is 17.7 Å². The van der Waals surface area contributed by atoms with Crippen molar-refractivity contribution in [2.24, 2.45) is 0 Å². The summed E-state index contributed by atoms with van der Waals surface area (Å²) in [6, 6.07) is 7.74. The summed E-state index contributed by atoms with van der Waals surface area (Å²) in [6.07, 6.45) is 1.06. The molecule has 0 fully saturated rings. The molecule has 1 rings (SSSR count). The van der Waals surface area contributed by atoms with E-state index in [0.29, 0.717) is 0 Å². The summed E-state index contributed by atoms with van der Waals surface area (Å²) in [4.78, 5) is 0. The first kappa shape index (κ1) is 12.7. The molecule has 1 atom stereocenters. The van der Waals surface area contributed by atoms with E-state index in [1.165, 1.54) is 0 Å². The van der Waals surface area contributed by atoms with E-state index in [0.717, 1.165) is 16.3 Å². The molecule has 0 aliphatic heterocycles. The van der Waals surface area contributed by atoms with Crippen molar-refractivity contribution in [3.63, 3.8) is 0 Å². The predicted octanol–water partition coefficient (Wildman–Crippen LogP) is 2.53. The molecule has 1 aromatic rings. The topological polar surface area (TPSA) is 43.4 Å². The molecule has 3 nitrogen and oxygen atoms in total. The van der Waals surface area contributed by atoms with E-state index >= 15 is 0 Å². The molecule has 0 amide bonds. The maximum absolute atomic E-state index is 10.8. The van der Waals surface area contributed by atoms with Gasteiger partial charge in [0.1, 0.15) is 0 Å². The van der Waals surface area contributed by atoms with Crippen molar-refractivity contribution in [1.29, 1.82) is 0 Å². The third kappa shape index (κ3) is 4.77. The summed E-state index contributed by atoms with van der Waals surface area (Å²) in [6.45, 7) is 2.11. The molecule has 0 bridgehead atoms. The Bertz CT molecular complexity index is 411. The standard InChI is InChI=1S/C10H13BrO3S/c1-8(7-14-15(2,12)13)9-3-5-10(11)6-4-9/h3-6,8H,7H2,1-2H3. The Labute approximate surface area is 98.7 Å². The second-order valence-electron chi connectivity index (χ2n) is 3.44. The molecular formula is C10H13BrO3S. The lowest BCUT2D eigenvalue weighted by atomic mass is 10.0. The zero-order chi connectivity index (χ0) is 11.5. The maximum Gasteiger partial charge on any atom is 0.264 e. The van der Waals surface area contributed by atoms with E-state index in [2.05, 4.69) is 15.9 Å². The highest BCUT2D eigenvalue weighted by Gasteiger charge is 2.09. The van der Waals surface area contributed by atoms with Crippen LogP contribution in [0.5, 0.6) is 0 Å². The second-order valence-corrected chi connectivity index (χ2v) is 6.00. The minimum atomic E-state index is -3.34. The van der Waals surface area contributed by atoms with Crippen LogP contribution >= 0.6 is 15.9 Å². The summed E-state index contributed by atoms with van der Waals surface area (Å²) in [5.41, 5.74) is 1.06. The van der Waals surface area contributed by atoms with Crippen LogP contribution < -0.4 is 0 Å². The van der Waals surface area contributed by atoms with Crippen LogP contribution in [0.1, 0.15) is 18.4 Å². The Morgan fingerprint density at radius 2 is 1.87 bits per heavy atom. The molecule has 0 aromatic heterocycles. The number of hydrogen-bond donors (Lipinski definition) is 0. The van der Waals surface area contributed by atoms with E-state index in [9.17, 15) is 8.42 Å². The second kappa shape index (κ2) is 5.09. The van der Waals surface area contributed by atoms with Gasteiger partial charge in [-0.1, -0.05) is 35.0 Å². The molecule has 0 spiro atoms. The first-order valence-electron chi connectivity index (χ1n) is 4.48. The van der Waals surface area contributed by atoms with Crippen LogP contribution in [0.25, 0.3) is 0 Å². The van der Waals surface area contributed by atoms with Crippen molar-refractivity contribution in [2.45, 2.75) is 12.8 Å². The molecule has 5 heteroatoms. The van der Waals surface area contributed by atoms with Crippen molar-refractivity contribution < 1.29 is 12.6 Å². The summed E-state index contributed by atoms with van der Waals surface area (Å²) in [5, 5.41) is 0. The van der Waals surface area contributed by atoms with Crippen LogP contribution in [0.15, 0.2) is 28.7 Å². The molecule has 0 heterocycles. The quantitative estimate of drug-likeness (QED) is 0.801. The Kier molecular flexibility index (Phi) is 4.31. The van der Waals surface area contributed by atoms with Gasteiger partial charge in [0.2, 0.25) is 0 Å². The zero-order valence-electron chi connectivity index (χ0n) is 8.60. The van der Waals surface area contributed by atoms with Crippen LogP contribution in [0, 0.1) is 0 Å². The Balaban J connectivity index is 2.61. The molecule has 84 valence electrons. The molecular weight excluding hydrogens is 280 g/mol. The lowest BCUT2D eigenvalue weighted by Gasteiger charge is -2.11.